The molecule has 0 spiro atoms. The van der Waals surface area contributed by atoms with Crippen molar-refractivity contribution in [2.45, 2.75) is 12.8 Å². The lowest BCUT2D eigenvalue weighted by atomic mass is 10.1. The van der Waals surface area contributed by atoms with E-state index in [1.54, 1.807) is 6.07 Å². The Labute approximate surface area is 157 Å². The Morgan fingerprint density at radius 1 is 1.26 bits per heavy atom. The fraction of sp³-hybridized carbons (Fsp3) is 0.176. The molecule has 0 unspecified atom stereocenters. The maximum Gasteiger partial charge on any atom is 0.440 e. The molecule has 0 saturated carbocycles. The number of methoxy groups -OCH3 is 1. The van der Waals surface area contributed by atoms with Crippen LogP contribution in [0.4, 0.5) is 18.0 Å². The van der Waals surface area contributed by atoms with E-state index in [-0.39, 0.29) is 22.9 Å². The van der Waals surface area contributed by atoms with Crippen molar-refractivity contribution in [2.24, 2.45) is 5.16 Å². The van der Waals surface area contributed by atoms with Gasteiger partial charge in [-0.3, -0.25) is 0 Å². The number of benzene rings is 2. The van der Waals surface area contributed by atoms with Gasteiger partial charge in [-0.15, -0.1) is 0 Å². The molecule has 0 aliphatic carbocycles. The molecule has 2 aromatic carbocycles. The highest BCUT2D eigenvalue weighted by atomic mass is 35.5. The molecule has 0 saturated heterocycles. The highest BCUT2D eigenvalue weighted by molar-refractivity contribution is 6.32. The van der Waals surface area contributed by atoms with Gasteiger partial charge in [0.1, 0.15) is 6.61 Å². The summed E-state index contributed by atoms with van der Waals surface area (Å²) in [4.78, 5) is 20.9. The molecule has 2 rings (SSSR count). The number of oxime groups is 1. The molecule has 0 aliphatic heterocycles. The summed E-state index contributed by atoms with van der Waals surface area (Å²) in [6, 6.07) is 9.56. The smallest absolute Gasteiger partial charge is 0.440 e. The minimum Gasteiger partial charge on any atom is -0.451 e. The Hall–Kier alpha value is -2.94. The Bertz CT molecular complexity index is 828. The highest BCUT2D eigenvalue weighted by Gasteiger charge is 2.32. The molecule has 6 nitrogen and oxygen atoms in total. The molecule has 0 fully saturated rings. The lowest BCUT2D eigenvalue weighted by Gasteiger charge is -2.11. The standard InChI is InChI=1S/C17H14ClF3N2O4/c1-25-16(24)23-27-15-8-11(6-7-14(15)18)9-22-26-10-12-4-2-3-5-13(12)17(19,20)21/h2-9H,10H2,1H3,(H,23,24)/b22-9+. The normalized spacial score (nSPS) is 11.3. The van der Waals surface area contributed by atoms with Crippen LogP contribution < -0.4 is 10.3 Å². The van der Waals surface area contributed by atoms with Crippen molar-refractivity contribution in [3.05, 3.63) is 64.2 Å². The third-order valence-electron chi connectivity index (χ3n) is 3.20. The predicted octanol–water partition coefficient (Wildman–Crippen LogP) is 4.56. The van der Waals surface area contributed by atoms with Crippen molar-refractivity contribution in [3.8, 4) is 5.75 Å². The first-order valence-corrected chi connectivity index (χ1v) is 7.80. The number of amides is 1. The van der Waals surface area contributed by atoms with E-state index < -0.39 is 17.8 Å². The van der Waals surface area contributed by atoms with Crippen LogP contribution in [0.25, 0.3) is 0 Å². The van der Waals surface area contributed by atoms with Gasteiger partial charge in [-0.05, 0) is 23.8 Å². The van der Waals surface area contributed by atoms with E-state index in [1.165, 1.54) is 36.5 Å². The minimum atomic E-state index is -4.47. The number of alkyl halides is 3. The summed E-state index contributed by atoms with van der Waals surface area (Å²) in [5.41, 5.74) is 1.66. The number of nitrogens with one attached hydrogen (secondary N) is 1. The summed E-state index contributed by atoms with van der Waals surface area (Å²) in [6.07, 6.45) is -4.03. The van der Waals surface area contributed by atoms with Crippen LogP contribution in [0.3, 0.4) is 0 Å². The molecule has 2 aromatic rings. The predicted molar refractivity (Wildman–Crippen MR) is 91.4 cm³/mol. The molecule has 0 aromatic heterocycles. The van der Waals surface area contributed by atoms with Crippen LogP contribution in [0.5, 0.6) is 5.75 Å². The van der Waals surface area contributed by atoms with Gasteiger partial charge in [0.15, 0.2) is 5.75 Å². The molecule has 0 heterocycles. The molecule has 0 bridgehead atoms. The van der Waals surface area contributed by atoms with Gasteiger partial charge in [0.25, 0.3) is 0 Å². The molecule has 10 heteroatoms. The first-order chi connectivity index (χ1) is 12.8. The minimum absolute atomic E-state index is 0.0374. The van der Waals surface area contributed by atoms with Crippen LogP contribution in [-0.2, 0) is 22.4 Å². The Balaban J connectivity index is 2.00. The van der Waals surface area contributed by atoms with E-state index in [0.29, 0.717) is 5.56 Å². The van der Waals surface area contributed by atoms with Crippen molar-refractivity contribution in [3.63, 3.8) is 0 Å². The van der Waals surface area contributed by atoms with Crippen molar-refractivity contribution in [2.75, 3.05) is 7.11 Å². The van der Waals surface area contributed by atoms with Gasteiger partial charge in [0.05, 0.1) is 23.9 Å². The average molecular weight is 403 g/mol. The van der Waals surface area contributed by atoms with Gasteiger partial charge >= 0.3 is 12.3 Å². The molecular formula is C17H14ClF3N2O4. The zero-order valence-electron chi connectivity index (χ0n) is 13.9. The Morgan fingerprint density at radius 3 is 2.70 bits per heavy atom. The summed E-state index contributed by atoms with van der Waals surface area (Å²) >= 11 is 5.92. The zero-order chi connectivity index (χ0) is 19.9. The molecule has 144 valence electrons. The van der Waals surface area contributed by atoms with Gasteiger partial charge < -0.3 is 14.4 Å². The summed E-state index contributed by atoms with van der Waals surface area (Å²) in [5, 5.41) is 3.85. The van der Waals surface area contributed by atoms with Crippen molar-refractivity contribution >= 4 is 23.9 Å². The van der Waals surface area contributed by atoms with Gasteiger partial charge in [0.2, 0.25) is 0 Å². The largest absolute Gasteiger partial charge is 0.451 e. The summed E-state index contributed by atoms with van der Waals surface area (Å²) in [5.74, 6) is 0.119. The summed E-state index contributed by atoms with van der Waals surface area (Å²) in [6.45, 7) is -0.354. The second kappa shape index (κ2) is 9.13. The molecule has 1 N–H and O–H groups in total. The first-order valence-electron chi connectivity index (χ1n) is 7.42. The number of ether oxygens (including phenoxy) is 1. The number of hydroxylamine groups is 1. The van der Waals surface area contributed by atoms with Crippen LogP contribution in [0.1, 0.15) is 16.7 Å². The highest BCUT2D eigenvalue weighted by Crippen LogP contribution is 2.32. The lowest BCUT2D eigenvalue weighted by Crippen LogP contribution is -2.26. The number of halogens is 4. The fourth-order valence-corrected chi connectivity index (χ4v) is 2.10. The number of nitrogens with zero attached hydrogens (tertiary/aromatic N) is 1. The van der Waals surface area contributed by atoms with Gasteiger partial charge in [0, 0.05) is 5.56 Å². The van der Waals surface area contributed by atoms with E-state index in [4.69, 9.17) is 21.3 Å². The molecule has 27 heavy (non-hydrogen) atoms. The number of carbonyl (C=O) groups excluding carboxylic acids is 1. The third-order valence-corrected chi connectivity index (χ3v) is 3.52. The molecule has 0 radical (unpaired) electrons. The average Bonchev–Trinajstić information content (AvgIpc) is 2.64. The molecular weight excluding hydrogens is 389 g/mol. The van der Waals surface area contributed by atoms with E-state index in [2.05, 4.69) is 9.89 Å². The maximum absolute atomic E-state index is 12.9. The zero-order valence-corrected chi connectivity index (χ0v) is 14.7. The second-order valence-corrected chi connectivity index (χ2v) is 5.46. The third kappa shape index (κ3) is 6.07. The van der Waals surface area contributed by atoms with Crippen LogP contribution in [0.2, 0.25) is 5.02 Å². The van der Waals surface area contributed by atoms with Crippen LogP contribution in [0, 0.1) is 0 Å². The van der Waals surface area contributed by atoms with Gasteiger partial charge in [-0.1, -0.05) is 41.0 Å². The molecule has 1 amide bonds. The summed E-state index contributed by atoms with van der Waals surface area (Å²) < 4.78 is 43.1. The fourth-order valence-electron chi connectivity index (χ4n) is 1.94. The monoisotopic (exact) mass is 402 g/mol. The van der Waals surface area contributed by atoms with E-state index in [9.17, 15) is 18.0 Å². The summed E-state index contributed by atoms with van der Waals surface area (Å²) in [7, 11) is 1.16. The first kappa shape index (κ1) is 20.4. The van der Waals surface area contributed by atoms with E-state index in [0.717, 1.165) is 13.2 Å². The van der Waals surface area contributed by atoms with Gasteiger partial charge in [-0.25, -0.2) is 4.79 Å². The quantitative estimate of drug-likeness (QED) is 0.568. The topological polar surface area (TPSA) is 69.2 Å². The number of rotatable bonds is 6. The Morgan fingerprint density at radius 2 is 2.00 bits per heavy atom. The van der Waals surface area contributed by atoms with Crippen LogP contribution in [0.15, 0.2) is 47.6 Å². The van der Waals surface area contributed by atoms with Crippen LogP contribution in [-0.4, -0.2) is 19.4 Å². The van der Waals surface area contributed by atoms with Crippen molar-refractivity contribution in [1.82, 2.24) is 5.48 Å². The van der Waals surface area contributed by atoms with Crippen molar-refractivity contribution in [1.29, 1.82) is 0 Å². The number of hydrogen-bond acceptors (Lipinski definition) is 5. The van der Waals surface area contributed by atoms with Crippen LogP contribution >= 0.6 is 11.6 Å². The second-order valence-electron chi connectivity index (χ2n) is 5.05. The van der Waals surface area contributed by atoms with E-state index >= 15 is 0 Å². The Kier molecular flexibility index (Phi) is 6.89. The van der Waals surface area contributed by atoms with Crippen molar-refractivity contribution < 1.29 is 32.4 Å². The van der Waals surface area contributed by atoms with E-state index in [1.807, 2.05) is 5.48 Å². The number of hydrogen-bond donors (Lipinski definition) is 1. The SMILES string of the molecule is COC(=O)NOc1cc(/C=N/OCc2ccccc2C(F)(F)F)ccc1Cl. The maximum atomic E-state index is 12.9. The lowest BCUT2D eigenvalue weighted by molar-refractivity contribution is -0.138. The molecule has 0 atom stereocenters. The number of carbonyl (C=O) groups is 1. The molecule has 0 aliphatic rings. The van der Waals surface area contributed by atoms with Gasteiger partial charge in [-0.2, -0.15) is 18.7 Å².